The van der Waals surface area contributed by atoms with Crippen molar-refractivity contribution in [2.24, 2.45) is 0 Å². The minimum Gasteiger partial charge on any atom is -0.462 e. The summed E-state index contributed by atoms with van der Waals surface area (Å²) in [6, 6.07) is 8.58. The average Bonchev–Trinajstić information content (AvgIpc) is 3.43. The van der Waals surface area contributed by atoms with Crippen molar-refractivity contribution in [2.75, 3.05) is 13.2 Å². The van der Waals surface area contributed by atoms with Gasteiger partial charge in [-0.25, -0.2) is 9.59 Å². The molecule has 0 saturated carbocycles. The van der Waals surface area contributed by atoms with Crippen LogP contribution in [0.3, 0.4) is 0 Å². The standard InChI is InChI=1S/C24H38O4.C3H4N2.Zn/c1-3-5-7-9-11-15-19-27-23(25)21-17-13-14-18-22(21)24(26)28-20-16-12-10-8-6-4-2;1-2-4-5-3-1;/h13-14,17-18H,3-12,15-16,19-20H2,1-2H3;1-3H,(H,4,5);. The Morgan fingerprint density at radius 1 is 0.706 bits per heavy atom. The molecule has 186 valence electrons. The van der Waals surface area contributed by atoms with Gasteiger partial charge >= 0.3 is 11.9 Å². The minimum atomic E-state index is -0.444. The second-order valence-corrected chi connectivity index (χ2v) is 8.12. The summed E-state index contributed by atoms with van der Waals surface area (Å²) in [5, 5.41) is 6.21. The number of aromatic nitrogens is 2. The number of nitrogens with zero attached hydrogens (tertiary/aromatic N) is 1. The summed E-state index contributed by atoms with van der Waals surface area (Å²) in [6.07, 6.45) is 17.1. The number of carbonyl (C=O) groups is 2. The summed E-state index contributed by atoms with van der Waals surface area (Å²) in [6.45, 7) is 5.17. The zero-order valence-electron chi connectivity index (χ0n) is 21.2. The van der Waals surface area contributed by atoms with Gasteiger partial charge in [-0.15, -0.1) is 0 Å². The van der Waals surface area contributed by atoms with Crippen molar-refractivity contribution in [1.29, 1.82) is 0 Å². The molecule has 0 aliphatic carbocycles. The molecule has 0 aliphatic heterocycles. The van der Waals surface area contributed by atoms with Crippen LogP contribution in [0.1, 0.15) is 112 Å². The van der Waals surface area contributed by atoms with Gasteiger partial charge < -0.3 is 9.47 Å². The first-order valence-corrected chi connectivity index (χ1v) is 12.6. The van der Waals surface area contributed by atoms with Crippen LogP contribution in [0.2, 0.25) is 0 Å². The Balaban J connectivity index is 0.00000160. The van der Waals surface area contributed by atoms with Gasteiger partial charge in [0.15, 0.2) is 0 Å². The monoisotopic (exact) mass is 522 g/mol. The van der Waals surface area contributed by atoms with Gasteiger partial charge in [0, 0.05) is 31.9 Å². The third kappa shape index (κ3) is 15.8. The third-order valence-electron chi connectivity index (χ3n) is 5.23. The predicted molar refractivity (Wildman–Crippen MR) is 132 cm³/mol. The van der Waals surface area contributed by atoms with E-state index in [4.69, 9.17) is 9.47 Å². The van der Waals surface area contributed by atoms with Crippen molar-refractivity contribution in [3.8, 4) is 0 Å². The summed E-state index contributed by atoms with van der Waals surface area (Å²) in [5.74, 6) is -0.888. The van der Waals surface area contributed by atoms with E-state index < -0.39 is 11.9 Å². The number of nitrogens with one attached hydrogen (secondary N) is 1. The number of rotatable bonds is 16. The second kappa shape index (κ2) is 22.8. The fourth-order valence-electron chi connectivity index (χ4n) is 3.30. The van der Waals surface area contributed by atoms with Crippen molar-refractivity contribution >= 4 is 11.9 Å². The van der Waals surface area contributed by atoms with Gasteiger partial charge in [-0.3, -0.25) is 5.10 Å². The van der Waals surface area contributed by atoms with Gasteiger partial charge in [-0.2, -0.15) is 5.10 Å². The number of benzene rings is 1. The molecule has 34 heavy (non-hydrogen) atoms. The molecule has 1 aromatic carbocycles. The Morgan fingerprint density at radius 2 is 1.15 bits per heavy atom. The summed E-state index contributed by atoms with van der Waals surface area (Å²) in [5.41, 5.74) is 0.586. The number of ether oxygens (including phenoxy) is 2. The van der Waals surface area contributed by atoms with E-state index >= 15 is 0 Å². The Labute approximate surface area is 218 Å². The van der Waals surface area contributed by atoms with Gasteiger partial charge in [0.05, 0.1) is 24.3 Å². The van der Waals surface area contributed by atoms with Crippen molar-refractivity contribution in [3.63, 3.8) is 0 Å². The van der Waals surface area contributed by atoms with Crippen LogP contribution in [-0.2, 0) is 29.0 Å². The molecule has 7 heteroatoms. The van der Waals surface area contributed by atoms with Gasteiger partial charge in [0.1, 0.15) is 0 Å². The zero-order valence-corrected chi connectivity index (χ0v) is 24.2. The fraction of sp³-hybridized carbons (Fsp3) is 0.593. The van der Waals surface area contributed by atoms with Crippen molar-refractivity contribution in [3.05, 3.63) is 53.9 Å². The molecule has 0 atom stereocenters. The van der Waals surface area contributed by atoms with Crippen molar-refractivity contribution in [1.82, 2.24) is 10.2 Å². The predicted octanol–water partition coefficient (Wildman–Crippen LogP) is 7.13. The molecule has 2 aromatic rings. The fourth-order valence-corrected chi connectivity index (χ4v) is 3.30. The molecule has 0 bridgehead atoms. The zero-order chi connectivity index (χ0) is 24.0. The molecular formula is C27H42N2O4Zn. The largest absolute Gasteiger partial charge is 0.462 e. The number of hydrogen-bond acceptors (Lipinski definition) is 5. The molecule has 0 fully saturated rings. The second-order valence-electron chi connectivity index (χ2n) is 8.12. The molecule has 2 rings (SSSR count). The molecule has 0 amide bonds. The number of unbranched alkanes of at least 4 members (excludes halogenated alkanes) is 10. The summed E-state index contributed by atoms with van der Waals surface area (Å²) in [4.78, 5) is 24.7. The quantitative estimate of drug-likeness (QED) is 0.144. The number of H-pyrrole nitrogens is 1. The van der Waals surface area contributed by atoms with Gasteiger partial charge in [0.25, 0.3) is 0 Å². The molecule has 0 unspecified atom stereocenters. The first kappa shape index (κ1) is 32.0. The molecule has 1 heterocycles. The van der Waals surface area contributed by atoms with Crippen LogP contribution in [0.25, 0.3) is 0 Å². The van der Waals surface area contributed by atoms with Crippen LogP contribution in [0.15, 0.2) is 42.7 Å². The Bertz CT molecular complexity index is 672. The molecule has 1 N–H and O–H groups in total. The van der Waals surface area contributed by atoms with E-state index in [9.17, 15) is 9.59 Å². The van der Waals surface area contributed by atoms with Crippen LogP contribution in [-0.4, -0.2) is 35.3 Å². The van der Waals surface area contributed by atoms with Crippen LogP contribution in [0, 0.1) is 0 Å². The minimum absolute atomic E-state index is 0. The van der Waals surface area contributed by atoms with E-state index in [2.05, 4.69) is 24.0 Å². The molecule has 0 saturated heterocycles. The smallest absolute Gasteiger partial charge is 0.339 e. The molecule has 0 aliphatic rings. The number of carbonyl (C=O) groups excluding carboxylic acids is 2. The van der Waals surface area contributed by atoms with E-state index in [0.29, 0.717) is 24.3 Å². The molecule has 1 aromatic heterocycles. The molecular weight excluding hydrogens is 482 g/mol. The van der Waals surface area contributed by atoms with E-state index in [1.165, 1.54) is 51.4 Å². The van der Waals surface area contributed by atoms with Gasteiger partial charge in [-0.1, -0.05) is 90.2 Å². The summed E-state index contributed by atoms with van der Waals surface area (Å²) < 4.78 is 10.7. The SMILES string of the molecule is CCCCCCCCOC(=O)c1ccccc1C(=O)OCCCCCCCC.[Zn].c1cn[nH]c1. The first-order valence-electron chi connectivity index (χ1n) is 12.6. The number of aromatic amines is 1. The summed E-state index contributed by atoms with van der Waals surface area (Å²) >= 11 is 0. The van der Waals surface area contributed by atoms with E-state index in [-0.39, 0.29) is 19.5 Å². The van der Waals surface area contributed by atoms with Crippen LogP contribution in [0.4, 0.5) is 0 Å². The first-order chi connectivity index (χ1) is 16.2. The number of hydrogen-bond donors (Lipinski definition) is 1. The Morgan fingerprint density at radius 3 is 1.50 bits per heavy atom. The van der Waals surface area contributed by atoms with Crippen molar-refractivity contribution in [2.45, 2.75) is 90.9 Å². The molecule has 6 nitrogen and oxygen atoms in total. The Kier molecular flexibility index (Phi) is 21.4. The van der Waals surface area contributed by atoms with Crippen LogP contribution >= 0.6 is 0 Å². The van der Waals surface area contributed by atoms with E-state index in [1.807, 2.05) is 6.07 Å². The normalized spacial score (nSPS) is 9.94. The maximum absolute atomic E-state index is 12.4. The maximum atomic E-state index is 12.4. The van der Waals surface area contributed by atoms with Crippen LogP contribution < -0.4 is 0 Å². The summed E-state index contributed by atoms with van der Waals surface area (Å²) in [7, 11) is 0. The van der Waals surface area contributed by atoms with Gasteiger partial charge in [0.2, 0.25) is 0 Å². The molecule has 0 spiro atoms. The average molecular weight is 524 g/mol. The topological polar surface area (TPSA) is 81.3 Å². The Hall–Kier alpha value is -2.01. The van der Waals surface area contributed by atoms with E-state index in [0.717, 1.165) is 25.7 Å². The van der Waals surface area contributed by atoms with Crippen LogP contribution in [0.5, 0.6) is 0 Å². The van der Waals surface area contributed by atoms with Crippen molar-refractivity contribution < 1.29 is 38.5 Å². The van der Waals surface area contributed by atoms with E-state index in [1.54, 1.807) is 36.7 Å². The number of esters is 2. The van der Waals surface area contributed by atoms with Gasteiger partial charge in [-0.05, 0) is 31.0 Å². The third-order valence-corrected chi connectivity index (χ3v) is 5.23. The maximum Gasteiger partial charge on any atom is 0.339 e. The molecule has 0 radical (unpaired) electrons.